The predicted molar refractivity (Wildman–Crippen MR) is 51.0 cm³/mol. The summed E-state index contributed by atoms with van der Waals surface area (Å²) in [5.41, 5.74) is 0. The van der Waals surface area contributed by atoms with E-state index in [0.29, 0.717) is 6.04 Å². The summed E-state index contributed by atoms with van der Waals surface area (Å²) in [6.45, 7) is 4.08. The van der Waals surface area contributed by atoms with Gasteiger partial charge in [0.15, 0.2) is 0 Å². The van der Waals surface area contributed by atoms with Crippen molar-refractivity contribution in [1.29, 1.82) is 0 Å². The first-order valence-corrected chi connectivity index (χ1v) is 3.90. The summed E-state index contributed by atoms with van der Waals surface area (Å²) in [5.74, 6) is 0. The van der Waals surface area contributed by atoms with Crippen molar-refractivity contribution in [2.45, 2.75) is 19.9 Å². The fourth-order valence-electron chi connectivity index (χ4n) is 0.268. The second-order valence-electron chi connectivity index (χ2n) is 1.92. The van der Waals surface area contributed by atoms with E-state index in [0.717, 1.165) is 3.72 Å². The maximum Gasteiger partial charge on any atom is 0.113 e. The van der Waals surface area contributed by atoms with E-state index in [1.54, 1.807) is 13.3 Å². The third kappa shape index (κ3) is 5.95. The normalized spacial score (nSPS) is 13.7. The topological polar surface area (TPSA) is 24.7 Å². The quantitative estimate of drug-likeness (QED) is 0.518. The van der Waals surface area contributed by atoms with Gasteiger partial charge in [-0.15, -0.1) is 0 Å². The highest BCUT2D eigenvalue weighted by atomic mass is 127. The molecule has 0 fully saturated rings. The first-order chi connectivity index (χ1) is 4.16. The van der Waals surface area contributed by atoms with Crippen molar-refractivity contribution in [2.24, 2.45) is 9.98 Å². The van der Waals surface area contributed by atoms with Crippen molar-refractivity contribution in [1.82, 2.24) is 0 Å². The van der Waals surface area contributed by atoms with Crippen molar-refractivity contribution in [3.05, 3.63) is 0 Å². The highest BCUT2D eigenvalue weighted by Crippen LogP contribution is 1.88. The first-order valence-electron chi connectivity index (χ1n) is 2.82. The molecule has 0 radical (unpaired) electrons. The standard InChI is InChI=1S/C6H11IN2/c1-5(2)9-4-6(7)8-3/h4-5H,1-3H3. The maximum absolute atomic E-state index is 4.13. The fourth-order valence-corrected chi connectivity index (χ4v) is 0.429. The molecular formula is C6H11IN2. The van der Waals surface area contributed by atoms with Crippen molar-refractivity contribution in [3.63, 3.8) is 0 Å². The molecule has 3 heteroatoms. The summed E-state index contributed by atoms with van der Waals surface area (Å²) in [5, 5.41) is 0. The lowest BCUT2D eigenvalue weighted by atomic mass is 10.4. The van der Waals surface area contributed by atoms with E-state index in [-0.39, 0.29) is 0 Å². The van der Waals surface area contributed by atoms with Crippen LogP contribution >= 0.6 is 22.6 Å². The van der Waals surface area contributed by atoms with Crippen LogP contribution in [-0.4, -0.2) is 23.0 Å². The van der Waals surface area contributed by atoms with Gasteiger partial charge < -0.3 is 0 Å². The molecule has 0 N–H and O–H groups in total. The van der Waals surface area contributed by atoms with Gasteiger partial charge in [0.05, 0.1) is 6.21 Å². The molecule has 0 saturated heterocycles. The molecule has 0 aromatic rings. The van der Waals surface area contributed by atoms with E-state index in [1.165, 1.54) is 0 Å². The molecule has 0 aromatic heterocycles. The molecule has 0 heterocycles. The van der Waals surface area contributed by atoms with Gasteiger partial charge in [0.1, 0.15) is 3.72 Å². The Labute approximate surface area is 69.6 Å². The van der Waals surface area contributed by atoms with Crippen LogP contribution in [0, 0.1) is 0 Å². The molecule has 0 aliphatic rings. The Balaban J connectivity index is 3.71. The van der Waals surface area contributed by atoms with E-state index in [2.05, 4.69) is 32.6 Å². The minimum Gasteiger partial charge on any atom is -0.288 e. The first kappa shape index (κ1) is 9.07. The van der Waals surface area contributed by atoms with E-state index in [4.69, 9.17) is 0 Å². The van der Waals surface area contributed by atoms with E-state index in [9.17, 15) is 0 Å². The van der Waals surface area contributed by atoms with Crippen molar-refractivity contribution < 1.29 is 0 Å². The minimum atomic E-state index is 0.372. The van der Waals surface area contributed by atoms with Gasteiger partial charge in [0, 0.05) is 13.1 Å². The SMILES string of the molecule is CN=C(I)C=NC(C)C. The molecule has 0 rings (SSSR count). The monoisotopic (exact) mass is 238 g/mol. The van der Waals surface area contributed by atoms with Crippen LogP contribution in [0.2, 0.25) is 0 Å². The predicted octanol–water partition coefficient (Wildman–Crippen LogP) is 1.93. The molecule has 0 aliphatic heterocycles. The molecule has 0 spiro atoms. The number of aliphatic imine (C=N–C) groups is 2. The van der Waals surface area contributed by atoms with Gasteiger partial charge in [0.2, 0.25) is 0 Å². The number of hydrogen-bond acceptors (Lipinski definition) is 2. The van der Waals surface area contributed by atoms with Crippen LogP contribution in [-0.2, 0) is 0 Å². The summed E-state index contributed by atoms with van der Waals surface area (Å²) < 4.78 is 0.946. The van der Waals surface area contributed by atoms with Gasteiger partial charge >= 0.3 is 0 Å². The van der Waals surface area contributed by atoms with Crippen LogP contribution in [0.1, 0.15) is 13.8 Å². The molecule has 0 aromatic carbocycles. The lowest BCUT2D eigenvalue weighted by Crippen LogP contribution is -1.93. The van der Waals surface area contributed by atoms with E-state index >= 15 is 0 Å². The van der Waals surface area contributed by atoms with Crippen molar-refractivity contribution in [2.75, 3.05) is 7.05 Å². The van der Waals surface area contributed by atoms with Gasteiger partial charge in [-0.25, -0.2) is 0 Å². The summed E-state index contributed by atoms with van der Waals surface area (Å²) in [7, 11) is 1.76. The third-order valence-electron chi connectivity index (χ3n) is 0.693. The van der Waals surface area contributed by atoms with E-state index in [1.807, 2.05) is 13.8 Å². The Morgan fingerprint density at radius 2 is 2.11 bits per heavy atom. The van der Waals surface area contributed by atoms with Gasteiger partial charge in [0.25, 0.3) is 0 Å². The lowest BCUT2D eigenvalue weighted by Gasteiger charge is -1.91. The van der Waals surface area contributed by atoms with Gasteiger partial charge in [-0.1, -0.05) is 0 Å². The van der Waals surface area contributed by atoms with E-state index < -0.39 is 0 Å². The zero-order valence-corrected chi connectivity index (χ0v) is 8.08. The minimum absolute atomic E-state index is 0.372. The second kappa shape index (κ2) is 4.90. The molecule has 0 saturated carbocycles. The lowest BCUT2D eigenvalue weighted by molar-refractivity contribution is 0.843. The summed E-state index contributed by atoms with van der Waals surface area (Å²) in [6, 6.07) is 0.372. The highest BCUT2D eigenvalue weighted by Gasteiger charge is 1.85. The number of nitrogens with zero attached hydrogens (tertiary/aromatic N) is 2. The molecule has 2 nitrogen and oxygen atoms in total. The Morgan fingerprint density at radius 3 is 2.44 bits per heavy atom. The Hall–Kier alpha value is 0.0700. The molecule has 0 aliphatic carbocycles. The van der Waals surface area contributed by atoms with Crippen LogP contribution in [0.5, 0.6) is 0 Å². The van der Waals surface area contributed by atoms with Gasteiger partial charge in [-0.3, -0.25) is 9.98 Å². The molecule has 0 amide bonds. The zero-order chi connectivity index (χ0) is 7.28. The van der Waals surface area contributed by atoms with Crippen molar-refractivity contribution in [3.8, 4) is 0 Å². The number of hydrogen-bond donors (Lipinski definition) is 0. The number of rotatable bonds is 2. The average Bonchev–Trinajstić information content (AvgIpc) is 1.83. The largest absolute Gasteiger partial charge is 0.288 e. The fraction of sp³-hybridized carbons (Fsp3) is 0.667. The molecule has 9 heavy (non-hydrogen) atoms. The van der Waals surface area contributed by atoms with Crippen LogP contribution in [0.4, 0.5) is 0 Å². The Bertz CT molecular complexity index is 127. The molecule has 0 bridgehead atoms. The molecule has 52 valence electrons. The Morgan fingerprint density at radius 1 is 1.56 bits per heavy atom. The van der Waals surface area contributed by atoms with Gasteiger partial charge in [-0.05, 0) is 36.4 Å². The van der Waals surface area contributed by atoms with Crippen LogP contribution in [0.3, 0.4) is 0 Å². The number of halogens is 1. The summed E-state index contributed by atoms with van der Waals surface area (Å²) in [4.78, 5) is 8.05. The van der Waals surface area contributed by atoms with Crippen LogP contribution in [0.15, 0.2) is 9.98 Å². The third-order valence-corrected chi connectivity index (χ3v) is 1.45. The molecular weight excluding hydrogens is 227 g/mol. The highest BCUT2D eigenvalue weighted by molar-refractivity contribution is 14.1. The molecule has 0 atom stereocenters. The maximum atomic E-state index is 4.13. The summed E-state index contributed by atoms with van der Waals surface area (Å²) >= 11 is 2.14. The average molecular weight is 238 g/mol. The Kier molecular flexibility index (Phi) is 4.94. The zero-order valence-electron chi connectivity index (χ0n) is 5.93. The molecule has 0 unspecified atom stereocenters. The van der Waals surface area contributed by atoms with Gasteiger partial charge in [-0.2, -0.15) is 0 Å². The van der Waals surface area contributed by atoms with Crippen LogP contribution < -0.4 is 0 Å². The smallest absolute Gasteiger partial charge is 0.113 e. The summed E-state index contributed by atoms with van der Waals surface area (Å²) in [6.07, 6.45) is 1.78. The van der Waals surface area contributed by atoms with Crippen LogP contribution in [0.25, 0.3) is 0 Å². The second-order valence-corrected chi connectivity index (χ2v) is 3.02. The van der Waals surface area contributed by atoms with Crippen molar-refractivity contribution >= 4 is 32.5 Å².